The predicted molar refractivity (Wildman–Crippen MR) is 80.3 cm³/mol. The molecule has 0 unspecified atom stereocenters. The zero-order valence-corrected chi connectivity index (χ0v) is 12.1. The SMILES string of the molecule is O=C(O)CCCCc1nnc(-c2cc3ccccc3s2)o1. The summed E-state index contributed by atoms with van der Waals surface area (Å²) in [7, 11) is 0. The standard InChI is InChI=1S/C15H14N2O3S/c18-14(19)8-4-3-7-13-16-17-15(20-13)12-9-10-5-1-2-6-11(10)21-12/h1-2,5-6,9H,3-4,7-8H2,(H,18,19). The molecule has 1 N–H and O–H groups in total. The first-order chi connectivity index (χ1) is 10.2. The number of carbonyl (C=O) groups is 1. The average Bonchev–Trinajstić information content (AvgIpc) is 3.09. The number of thiophene rings is 1. The van der Waals surface area contributed by atoms with Gasteiger partial charge in [0.2, 0.25) is 5.89 Å². The monoisotopic (exact) mass is 302 g/mol. The van der Waals surface area contributed by atoms with Gasteiger partial charge in [0.15, 0.2) is 0 Å². The minimum absolute atomic E-state index is 0.178. The van der Waals surface area contributed by atoms with Gasteiger partial charge in [0.1, 0.15) is 0 Å². The summed E-state index contributed by atoms with van der Waals surface area (Å²) in [4.78, 5) is 11.4. The first kappa shape index (κ1) is 13.8. The summed E-state index contributed by atoms with van der Waals surface area (Å²) < 4.78 is 6.84. The summed E-state index contributed by atoms with van der Waals surface area (Å²) in [6.45, 7) is 0. The highest BCUT2D eigenvalue weighted by Crippen LogP contribution is 2.32. The van der Waals surface area contributed by atoms with E-state index in [1.807, 2.05) is 18.2 Å². The van der Waals surface area contributed by atoms with Crippen LogP contribution in [0.1, 0.15) is 25.2 Å². The van der Waals surface area contributed by atoms with Gasteiger partial charge in [-0.15, -0.1) is 21.5 Å². The van der Waals surface area contributed by atoms with Gasteiger partial charge in [-0.1, -0.05) is 18.2 Å². The number of aromatic nitrogens is 2. The molecule has 3 aromatic rings. The van der Waals surface area contributed by atoms with E-state index in [-0.39, 0.29) is 6.42 Å². The lowest BCUT2D eigenvalue weighted by molar-refractivity contribution is -0.137. The quantitative estimate of drug-likeness (QED) is 0.702. The molecule has 6 heteroatoms. The van der Waals surface area contributed by atoms with E-state index in [9.17, 15) is 4.79 Å². The molecule has 3 rings (SSSR count). The maximum atomic E-state index is 10.4. The number of carboxylic acid groups (broad SMARTS) is 1. The van der Waals surface area contributed by atoms with Crippen LogP contribution in [0.5, 0.6) is 0 Å². The number of hydrogen-bond acceptors (Lipinski definition) is 5. The van der Waals surface area contributed by atoms with Gasteiger partial charge in [-0.25, -0.2) is 0 Å². The Morgan fingerprint density at radius 1 is 1.24 bits per heavy atom. The summed E-state index contributed by atoms with van der Waals surface area (Å²) in [5.41, 5.74) is 0. The number of nitrogens with zero attached hydrogens (tertiary/aromatic N) is 2. The topological polar surface area (TPSA) is 76.2 Å². The Morgan fingerprint density at radius 2 is 2.10 bits per heavy atom. The third-order valence-electron chi connectivity index (χ3n) is 3.13. The number of benzene rings is 1. The molecular weight excluding hydrogens is 288 g/mol. The van der Waals surface area contributed by atoms with E-state index < -0.39 is 5.97 Å². The van der Waals surface area contributed by atoms with Crippen LogP contribution in [0.25, 0.3) is 20.9 Å². The lowest BCUT2D eigenvalue weighted by atomic mass is 10.2. The van der Waals surface area contributed by atoms with Crippen LogP contribution in [-0.2, 0) is 11.2 Å². The van der Waals surface area contributed by atoms with Crippen molar-refractivity contribution in [3.63, 3.8) is 0 Å². The van der Waals surface area contributed by atoms with Crippen molar-refractivity contribution in [3.8, 4) is 10.8 Å². The van der Waals surface area contributed by atoms with Gasteiger partial charge >= 0.3 is 5.97 Å². The summed E-state index contributed by atoms with van der Waals surface area (Å²) in [6.07, 6.45) is 2.15. The average molecular weight is 302 g/mol. The van der Waals surface area contributed by atoms with Crippen molar-refractivity contribution >= 4 is 27.4 Å². The Bertz CT molecular complexity index is 730. The molecule has 2 aromatic heterocycles. The molecule has 0 aliphatic heterocycles. The minimum Gasteiger partial charge on any atom is -0.481 e. The van der Waals surface area contributed by atoms with E-state index in [4.69, 9.17) is 9.52 Å². The second-order valence-electron chi connectivity index (χ2n) is 4.75. The zero-order chi connectivity index (χ0) is 14.7. The van der Waals surface area contributed by atoms with Crippen LogP contribution in [0, 0.1) is 0 Å². The number of aryl methyl sites for hydroxylation is 1. The fourth-order valence-electron chi connectivity index (χ4n) is 2.09. The number of fused-ring (bicyclic) bond motifs is 1. The van der Waals surface area contributed by atoms with E-state index >= 15 is 0 Å². The minimum atomic E-state index is -0.772. The van der Waals surface area contributed by atoms with Crippen molar-refractivity contribution < 1.29 is 14.3 Å². The Hall–Kier alpha value is -2.21. The third kappa shape index (κ3) is 3.28. The number of hydrogen-bond donors (Lipinski definition) is 1. The number of aliphatic carboxylic acids is 1. The second-order valence-corrected chi connectivity index (χ2v) is 5.83. The van der Waals surface area contributed by atoms with Gasteiger partial charge in [0, 0.05) is 17.5 Å². The van der Waals surface area contributed by atoms with Crippen molar-refractivity contribution in [2.45, 2.75) is 25.7 Å². The maximum Gasteiger partial charge on any atom is 0.303 e. The maximum absolute atomic E-state index is 10.4. The number of rotatable bonds is 6. The molecule has 0 bridgehead atoms. The fraction of sp³-hybridized carbons (Fsp3) is 0.267. The lowest BCUT2D eigenvalue weighted by Crippen LogP contribution is -1.95. The van der Waals surface area contributed by atoms with Crippen LogP contribution in [0.2, 0.25) is 0 Å². The summed E-state index contributed by atoms with van der Waals surface area (Å²) in [5, 5.41) is 17.8. The molecule has 0 amide bonds. The summed E-state index contributed by atoms with van der Waals surface area (Å²) in [5.74, 6) is 0.323. The normalized spacial score (nSPS) is 11.0. The van der Waals surface area contributed by atoms with Gasteiger partial charge in [0.25, 0.3) is 5.89 Å². The molecule has 108 valence electrons. The third-order valence-corrected chi connectivity index (χ3v) is 4.24. The van der Waals surface area contributed by atoms with Crippen LogP contribution in [0.4, 0.5) is 0 Å². The van der Waals surface area contributed by atoms with Gasteiger partial charge in [0.05, 0.1) is 4.88 Å². The molecule has 21 heavy (non-hydrogen) atoms. The Kier molecular flexibility index (Phi) is 3.96. The van der Waals surface area contributed by atoms with Crippen molar-refractivity contribution in [2.75, 3.05) is 0 Å². The molecule has 2 heterocycles. The van der Waals surface area contributed by atoms with Crippen molar-refractivity contribution in [1.82, 2.24) is 10.2 Å². The van der Waals surface area contributed by atoms with Crippen molar-refractivity contribution in [1.29, 1.82) is 0 Å². The van der Waals surface area contributed by atoms with Gasteiger partial charge < -0.3 is 9.52 Å². The molecule has 0 fully saturated rings. The van der Waals surface area contributed by atoms with Crippen LogP contribution >= 0.6 is 11.3 Å². The van der Waals surface area contributed by atoms with Crippen LogP contribution in [0.3, 0.4) is 0 Å². The molecule has 1 aromatic carbocycles. The van der Waals surface area contributed by atoms with Gasteiger partial charge in [-0.2, -0.15) is 0 Å². The number of carboxylic acids is 1. The molecule has 5 nitrogen and oxygen atoms in total. The van der Waals surface area contributed by atoms with Gasteiger partial charge in [-0.3, -0.25) is 4.79 Å². The summed E-state index contributed by atoms with van der Waals surface area (Å²) in [6, 6.07) is 10.2. The first-order valence-electron chi connectivity index (χ1n) is 6.75. The van der Waals surface area contributed by atoms with E-state index in [2.05, 4.69) is 22.3 Å². The molecule has 0 radical (unpaired) electrons. The second kappa shape index (κ2) is 6.05. The Labute approximate surface area is 125 Å². The molecular formula is C15H14N2O3S. The molecule has 0 aliphatic rings. The van der Waals surface area contributed by atoms with Crippen LogP contribution in [0.15, 0.2) is 34.7 Å². The van der Waals surface area contributed by atoms with Gasteiger partial charge in [-0.05, 0) is 30.4 Å². The van der Waals surface area contributed by atoms with E-state index in [0.717, 1.165) is 11.3 Å². The van der Waals surface area contributed by atoms with E-state index in [1.165, 1.54) is 10.1 Å². The highest BCUT2D eigenvalue weighted by Gasteiger charge is 2.11. The smallest absolute Gasteiger partial charge is 0.303 e. The first-order valence-corrected chi connectivity index (χ1v) is 7.57. The lowest BCUT2D eigenvalue weighted by Gasteiger charge is -1.93. The number of unbranched alkanes of at least 4 members (excludes halogenated alkanes) is 1. The molecule has 0 spiro atoms. The highest BCUT2D eigenvalue weighted by atomic mass is 32.1. The largest absolute Gasteiger partial charge is 0.481 e. The molecule has 0 aliphatic carbocycles. The molecule has 0 saturated carbocycles. The van der Waals surface area contributed by atoms with Crippen LogP contribution in [-0.4, -0.2) is 21.3 Å². The molecule has 0 saturated heterocycles. The van der Waals surface area contributed by atoms with Crippen molar-refractivity contribution in [2.24, 2.45) is 0 Å². The van der Waals surface area contributed by atoms with Crippen LogP contribution < -0.4 is 0 Å². The van der Waals surface area contributed by atoms with Crippen molar-refractivity contribution in [3.05, 3.63) is 36.2 Å². The van der Waals surface area contributed by atoms with E-state index in [0.29, 0.717) is 24.6 Å². The van der Waals surface area contributed by atoms with E-state index in [1.54, 1.807) is 11.3 Å². The Morgan fingerprint density at radius 3 is 2.90 bits per heavy atom. The fourth-order valence-corrected chi connectivity index (χ4v) is 3.08. The Balaban J connectivity index is 1.68. The molecule has 0 atom stereocenters. The predicted octanol–water partition coefficient (Wildman–Crippen LogP) is 3.75. The highest BCUT2D eigenvalue weighted by molar-refractivity contribution is 7.22. The zero-order valence-electron chi connectivity index (χ0n) is 11.3. The summed E-state index contributed by atoms with van der Waals surface area (Å²) >= 11 is 1.62.